The molecule has 7 nitrogen and oxygen atoms in total. The highest BCUT2D eigenvalue weighted by Crippen LogP contribution is 2.31. The maximum atomic E-state index is 13.3. The molecule has 2 aromatic carbocycles. The maximum absolute atomic E-state index is 13.3. The molecule has 5 rings (SSSR count). The van der Waals surface area contributed by atoms with E-state index in [-0.39, 0.29) is 29.2 Å². The Kier molecular flexibility index (Phi) is 7.32. The summed E-state index contributed by atoms with van der Waals surface area (Å²) in [7, 11) is 0. The van der Waals surface area contributed by atoms with Gasteiger partial charge in [-0.2, -0.15) is 0 Å². The second kappa shape index (κ2) is 11.0. The van der Waals surface area contributed by atoms with E-state index in [1.165, 1.54) is 6.07 Å². The molecule has 1 aliphatic rings. The van der Waals surface area contributed by atoms with Crippen molar-refractivity contribution in [2.75, 3.05) is 6.54 Å². The third kappa shape index (κ3) is 5.73. The molecule has 0 bridgehead atoms. The molecule has 2 heterocycles. The molecule has 1 saturated carbocycles. The van der Waals surface area contributed by atoms with Gasteiger partial charge in [-0.3, -0.25) is 14.6 Å². The topological polar surface area (TPSA) is 121 Å². The number of nitrogens with zero attached hydrogens (tertiary/aromatic N) is 1. The third-order valence-electron chi connectivity index (χ3n) is 7.47. The van der Waals surface area contributed by atoms with Gasteiger partial charge in [0.15, 0.2) is 0 Å². The minimum Gasteiger partial charge on any atom is -0.507 e. The molecule has 1 unspecified atom stereocenters. The first kappa shape index (κ1) is 24.7. The molecule has 1 aliphatic carbocycles. The number of nitrogens with two attached hydrogens (primary N) is 1. The fraction of sp³-hybridized carbons (Fsp3) is 0.300. The zero-order chi connectivity index (χ0) is 25.8. The van der Waals surface area contributed by atoms with Gasteiger partial charge >= 0.3 is 0 Å². The molecule has 5 N–H and O–H groups in total. The van der Waals surface area contributed by atoms with Gasteiger partial charge in [0.2, 0.25) is 5.91 Å². The van der Waals surface area contributed by atoms with E-state index >= 15 is 0 Å². The van der Waals surface area contributed by atoms with Crippen molar-refractivity contribution in [3.8, 4) is 16.9 Å². The van der Waals surface area contributed by atoms with Crippen LogP contribution in [0.4, 0.5) is 0 Å². The summed E-state index contributed by atoms with van der Waals surface area (Å²) < 4.78 is 0. The molecule has 0 spiro atoms. The quantitative estimate of drug-likeness (QED) is 0.301. The van der Waals surface area contributed by atoms with Gasteiger partial charge in [-0.1, -0.05) is 36.4 Å². The van der Waals surface area contributed by atoms with Crippen molar-refractivity contribution in [2.45, 2.75) is 38.1 Å². The van der Waals surface area contributed by atoms with Crippen LogP contribution in [0.1, 0.15) is 42.9 Å². The predicted molar refractivity (Wildman–Crippen MR) is 145 cm³/mol. The second-order valence-electron chi connectivity index (χ2n) is 9.99. The molecule has 0 aliphatic heterocycles. The number of benzene rings is 2. The molecular formula is C30H32N4O3. The summed E-state index contributed by atoms with van der Waals surface area (Å²) in [4.78, 5) is 32.2. The van der Waals surface area contributed by atoms with Crippen LogP contribution in [0.15, 0.2) is 77.9 Å². The van der Waals surface area contributed by atoms with Crippen LogP contribution < -0.4 is 16.6 Å². The van der Waals surface area contributed by atoms with Crippen LogP contribution in [-0.4, -0.2) is 27.5 Å². The Morgan fingerprint density at radius 1 is 1.03 bits per heavy atom. The largest absolute Gasteiger partial charge is 0.507 e. The molecule has 1 amide bonds. The zero-order valence-corrected chi connectivity index (χ0v) is 20.7. The minimum atomic E-state index is -0.350. The number of aromatic hydroxyl groups is 1. The number of carbonyl (C=O) groups excluding carboxylic acids is 1. The van der Waals surface area contributed by atoms with E-state index in [2.05, 4.69) is 27.4 Å². The Morgan fingerprint density at radius 2 is 1.81 bits per heavy atom. The SMILES string of the molecule is NC[C@H]1CC[C@H](C(=O)NC(Cc2ccccc2)c2cncc(-c3ccc4[nH]c(=O)cc(O)c4c3)c2)CC1. The van der Waals surface area contributed by atoms with Crippen LogP contribution in [0.2, 0.25) is 0 Å². The van der Waals surface area contributed by atoms with Gasteiger partial charge in [0, 0.05) is 35.3 Å². The first-order chi connectivity index (χ1) is 18.0. The molecular weight excluding hydrogens is 464 g/mol. The number of carbonyl (C=O) groups is 1. The van der Waals surface area contributed by atoms with E-state index in [4.69, 9.17) is 5.73 Å². The van der Waals surface area contributed by atoms with E-state index in [1.54, 1.807) is 18.5 Å². The van der Waals surface area contributed by atoms with Crippen LogP contribution in [0.5, 0.6) is 5.75 Å². The number of aromatic amines is 1. The number of amides is 1. The van der Waals surface area contributed by atoms with Gasteiger partial charge in [-0.05, 0) is 79.5 Å². The summed E-state index contributed by atoms with van der Waals surface area (Å²) in [5.41, 5.74) is 9.81. The number of aromatic nitrogens is 2. The van der Waals surface area contributed by atoms with E-state index < -0.39 is 0 Å². The number of H-pyrrole nitrogens is 1. The molecule has 4 aromatic rings. The summed E-state index contributed by atoms with van der Waals surface area (Å²) in [5.74, 6) is 0.539. The molecule has 2 aromatic heterocycles. The molecule has 1 atom stereocenters. The summed E-state index contributed by atoms with van der Waals surface area (Å²) in [5, 5.41) is 14.2. The summed E-state index contributed by atoms with van der Waals surface area (Å²) in [6.07, 6.45) is 7.95. The van der Waals surface area contributed by atoms with Crippen molar-refractivity contribution in [1.82, 2.24) is 15.3 Å². The number of hydrogen-bond acceptors (Lipinski definition) is 5. The van der Waals surface area contributed by atoms with Gasteiger partial charge in [-0.15, -0.1) is 0 Å². The monoisotopic (exact) mass is 496 g/mol. The van der Waals surface area contributed by atoms with Crippen LogP contribution >= 0.6 is 0 Å². The molecule has 0 saturated heterocycles. The van der Waals surface area contributed by atoms with Crippen LogP contribution in [0.3, 0.4) is 0 Å². The number of rotatable bonds is 7. The fourth-order valence-electron chi connectivity index (χ4n) is 5.27. The third-order valence-corrected chi connectivity index (χ3v) is 7.47. The van der Waals surface area contributed by atoms with Crippen molar-refractivity contribution in [3.63, 3.8) is 0 Å². The Hall–Kier alpha value is -3.97. The van der Waals surface area contributed by atoms with Gasteiger partial charge < -0.3 is 21.1 Å². The number of hydrogen-bond donors (Lipinski definition) is 4. The lowest BCUT2D eigenvalue weighted by atomic mass is 9.81. The lowest BCUT2D eigenvalue weighted by Gasteiger charge is -2.29. The van der Waals surface area contributed by atoms with Gasteiger partial charge in [-0.25, -0.2) is 0 Å². The van der Waals surface area contributed by atoms with Crippen molar-refractivity contribution < 1.29 is 9.90 Å². The van der Waals surface area contributed by atoms with E-state index in [0.717, 1.165) is 47.9 Å². The highest BCUT2D eigenvalue weighted by molar-refractivity contribution is 5.89. The number of nitrogens with one attached hydrogen (secondary N) is 2. The van der Waals surface area contributed by atoms with Crippen LogP contribution in [0, 0.1) is 11.8 Å². The molecule has 190 valence electrons. The Labute approximate surface area is 215 Å². The first-order valence-corrected chi connectivity index (χ1v) is 12.9. The van der Waals surface area contributed by atoms with E-state index in [0.29, 0.717) is 29.8 Å². The predicted octanol–water partition coefficient (Wildman–Crippen LogP) is 4.46. The lowest BCUT2D eigenvalue weighted by molar-refractivity contribution is -0.127. The standard InChI is InChI=1S/C30H32N4O3/c31-16-20-6-8-21(9-7-20)30(37)34-27(12-19-4-2-1-3-5-19)24-13-23(17-32-18-24)22-10-11-26-25(14-22)28(35)15-29(36)33-26/h1-5,10-11,13-15,17-18,20-21,27H,6-9,12,16,31H2,(H,34,37)(H2,33,35,36)/t20-,21-,27?. The summed E-state index contributed by atoms with van der Waals surface area (Å²) >= 11 is 0. The average Bonchev–Trinajstić information content (AvgIpc) is 2.93. The van der Waals surface area contributed by atoms with Crippen molar-refractivity contribution in [3.05, 3.63) is 94.5 Å². The smallest absolute Gasteiger partial charge is 0.252 e. The van der Waals surface area contributed by atoms with Crippen molar-refractivity contribution in [1.29, 1.82) is 0 Å². The van der Waals surface area contributed by atoms with Crippen LogP contribution in [-0.2, 0) is 11.2 Å². The molecule has 37 heavy (non-hydrogen) atoms. The second-order valence-corrected chi connectivity index (χ2v) is 9.99. The Morgan fingerprint density at radius 3 is 2.57 bits per heavy atom. The van der Waals surface area contributed by atoms with Gasteiger partial charge in [0.25, 0.3) is 5.56 Å². The first-order valence-electron chi connectivity index (χ1n) is 12.9. The molecule has 0 radical (unpaired) electrons. The molecule has 1 fully saturated rings. The number of pyridine rings is 2. The van der Waals surface area contributed by atoms with Crippen molar-refractivity contribution in [2.24, 2.45) is 17.6 Å². The van der Waals surface area contributed by atoms with Crippen molar-refractivity contribution >= 4 is 16.8 Å². The Bertz CT molecular complexity index is 1440. The average molecular weight is 497 g/mol. The summed E-state index contributed by atoms with van der Waals surface area (Å²) in [6, 6.07) is 18.6. The zero-order valence-electron chi connectivity index (χ0n) is 20.7. The maximum Gasteiger partial charge on any atom is 0.252 e. The number of fused-ring (bicyclic) bond motifs is 1. The fourth-order valence-corrected chi connectivity index (χ4v) is 5.27. The summed E-state index contributed by atoms with van der Waals surface area (Å²) in [6.45, 7) is 0.687. The van der Waals surface area contributed by atoms with E-state index in [9.17, 15) is 14.7 Å². The Balaban J connectivity index is 1.44. The molecule has 7 heteroatoms. The van der Waals surface area contributed by atoms with E-state index in [1.807, 2.05) is 36.4 Å². The normalized spacial score (nSPS) is 18.4. The van der Waals surface area contributed by atoms with Crippen LogP contribution in [0.25, 0.3) is 22.0 Å². The minimum absolute atomic E-state index is 0.00262. The van der Waals surface area contributed by atoms with Gasteiger partial charge in [0.1, 0.15) is 5.75 Å². The lowest BCUT2D eigenvalue weighted by Crippen LogP contribution is -2.37. The van der Waals surface area contributed by atoms with Gasteiger partial charge in [0.05, 0.1) is 11.6 Å². The highest BCUT2D eigenvalue weighted by Gasteiger charge is 2.27. The highest BCUT2D eigenvalue weighted by atomic mass is 16.3.